The number of hydrogen-bond donors (Lipinski definition) is 2. The summed E-state index contributed by atoms with van der Waals surface area (Å²) in [6.45, 7) is 8.73. The fourth-order valence-corrected chi connectivity index (χ4v) is 1.88. The zero-order chi connectivity index (χ0) is 18.6. The zero-order valence-electron chi connectivity index (χ0n) is 14.8. The standard InChI is InChI=1S/C16H22N4O5/c1-9(18-15(22)24-16(3,4)5)12-19-14(25-20-12)10(2)17-13(21)11-6-7-23-8-11/h6-10H,1-5H3,(H,17,21)(H,18,22)/t9-,10-/m1/s1. The van der Waals surface area contributed by atoms with Crippen molar-refractivity contribution >= 4 is 12.0 Å². The minimum Gasteiger partial charge on any atom is -0.472 e. The first-order valence-corrected chi connectivity index (χ1v) is 7.82. The van der Waals surface area contributed by atoms with Crippen molar-refractivity contribution in [3.8, 4) is 0 Å². The van der Waals surface area contributed by atoms with Gasteiger partial charge in [-0.1, -0.05) is 5.16 Å². The van der Waals surface area contributed by atoms with Crippen molar-refractivity contribution in [1.82, 2.24) is 20.8 Å². The third-order valence-corrected chi connectivity index (χ3v) is 3.08. The quantitative estimate of drug-likeness (QED) is 0.850. The Morgan fingerprint density at radius 3 is 2.52 bits per heavy atom. The molecule has 2 aromatic heterocycles. The summed E-state index contributed by atoms with van der Waals surface area (Å²) in [6.07, 6.45) is 2.18. The predicted octanol–water partition coefficient (Wildman–Crippen LogP) is 2.74. The van der Waals surface area contributed by atoms with Gasteiger partial charge in [-0.05, 0) is 40.7 Å². The van der Waals surface area contributed by atoms with Gasteiger partial charge in [0.25, 0.3) is 5.91 Å². The molecule has 2 amide bonds. The molecular weight excluding hydrogens is 328 g/mol. The highest BCUT2D eigenvalue weighted by Crippen LogP contribution is 2.16. The van der Waals surface area contributed by atoms with E-state index in [2.05, 4.69) is 20.8 Å². The topological polar surface area (TPSA) is 119 Å². The average Bonchev–Trinajstić information content (AvgIpc) is 3.17. The average molecular weight is 350 g/mol. The van der Waals surface area contributed by atoms with Crippen LogP contribution in [0.3, 0.4) is 0 Å². The molecule has 0 unspecified atom stereocenters. The molecule has 2 N–H and O–H groups in total. The molecule has 136 valence electrons. The number of alkyl carbamates (subject to hydrolysis) is 1. The van der Waals surface area contributed by atoms with E-state index in [-0.39, 0.29) is 17.6 Å². The molecule has 0 aromatic carbocycles. The second kappa shape index (κ2) is 7.37. The zero-order valence-corrected chi connectivity index (χ0v) is 14.8. The summed E-state index contributed by atoms with van der Waals surface area (Å²) >= 11 is 0. The Hall–Kier alpha value is -2.84. The second-order valence-electron chi connectivity index (χ2n) is 6.57. The third-order valence-electron chi connectivity index (χ3n) is 3.08. The maximum Gasteiger partial charge on any atom is 0.408 e. The summed E-state index contributed by atoms with van der Waals surface area (Å²) in [4.78, 5) is 28.0. The number of rotatable bonds is 5. The van der Waals surface area contributed by atoms with Gasteiger partial charge in [0.2, 0.25) is 5.89 Å². The van der Waals surface area contributed by atoms with Crippen LogP contribution in [0.15, 0.2) is 27.5 Å². The number of nitrogens with one attached hydrogen (secondary N) is 2. The molecule has 0 spiro atoms. The number of ether oxygens (including phenoxy) is 1. The van der Waals surface area contributed by atoms with Gasteiger partial charge < -0.3 is 24.3 Å². The van der Waals surface area contributed by atoms with E-state index in [9.17, 15) is 9.59 Å². The van der Waals surface area contributed by atoms with Crippen LogP contribution in [0.5, 0.6) is 0 Å². The third kappa shape index (κ3) is 5.33. The van der Waals surface area contributed by atoms with Crippen LogP contribution in [0.4, 0.5) is 4.79 Å². The Morgan fingerprint density at radius 1 is 1.20 bits per heavy atom. The van der Waals surface area contributed by atoms with Gasteiger partial charge in [0.15, 0.2) is 5.82 Å². The summed E-state index contributed by atoms with van der Waals surface area (Å²) < 4.78 is 15.2. The largest absolute Gasteiger partial charge is 0.472 e. The van der Waals surface area contributed by atoms with E-state index >= 15 is 0 Å². The highest BCUT2D eigenvalue weighted by atomic mass is 16.6. The van der Waals surface area contributed by atoms with E-state index in [1.807, 2.05) is 0 Å². The van der Waals surface area contributed by atoms with Crippen molar-refractivity contribution in [3.63, 3.8) is 0 Å². The van der Waals surface area contributed by atoms with Crippen LogP contribution in [0.2, 0.25) is 0 Å². The monoisotopic (exact) mass is 350 g/mol. The number of amides is 2. The van der Waals surface area contributed by atoms with E-state index in [0.717, 1.165) is 0 Å². The predicted molar refractivity (Wildman–Crippen MR) is 86.7 cm³/mol. The Labute approximate surface area is 145 Å². The van der Waals surface area contributed by atoms with Crippen LogP contribution in [0, 0.1) is 0 Å². The van der Waals surface area contributed by atoms with Crippen molar-refractivity contribution in [1.29, 1.82) is 0 Å². The molecule has 0 bridgehead atoms. The number of aromatic nitrogens is 2. The fraction of sp³-hybridized carbons (Fsp3) is 0.500. The lowest BCUT2D eigenvalue weighted by Crippen LogP contribution is -2.34. The Balaban J connectivity index is 1.94. The van der Waals surface area contributed by atoms with Crippen LogP contribution in [-0.4, -0.2) is 27.7 Å². The van der Waals surface area contributed by atoms with Gasteiger partial charge in [0.05, 0.1) is 17.9 Å². The van der Waals surface area contributed by atoms with Crippen molar-refractivity contribution in [2.45, 2.75) is 52.3 Å². The first-order chi connectivity index (χ1) is 11.7. The smallest absolute Gasteiger partial charge is 0.408 e. The molecule has 2 atom stereocenters. The molecular formula is C16H22N4O5. The highest BCUT2D eigenvalue weighted by molar-refractivity contribution is 5.93. The summed E-state index contributed by atoms with van der Waals surface area (Å²) in [5, 5.41) is 9.17. The van der Waals surface area contributed by atoms with Gasteiger partial charge in [0.1, 0.15) is 17.9 Å². The van der Waals surface area contributed by atoms with E-state index in [1.165, 1.54) is 12.5 Å². The van der Waals surface area contributed by atoms with Gasteiger partial charge in [0, 0.05) is 0 Å². The summed E-state index contributed by atoms with van der Waals surface area (Å²) in [5.41, 5.74) is -0.204. The molecule has 2 heterocycles. The lowest BCUT2D eigenvalue weighted by molar-refractivity contribution is 0.0505. The Bertz CT molecular complexity index is 717. The summed E-state index contributed by atoms with van der Waals surface area (Å²) in [6, 6.07) is 0.537. The van der Waals surface area contributed by atoms with Crippen LogP contribution in [-0.2, 0) is 4.74 Å². The fourth-order valence-electron chi connectivity index (χ4n) is 1.88. The lowest BCUT2D eigenvalue weighted by Gasteiger charge is -2.20. The lowest BCUT2D eigenvalue weighted by atomic mass is 10.2. The van der Waals surface area contributed by atoms with Crippen LogP contribution in [0.1, 0.15) is 68.8 Å². The van der Waals surface area contributed by atoms with Gasteiger partial charge in [-0.2, -0.15) is 4.98 Å². The van der Waals surface area contributed by atoms with Crippen molar-refractivity contribution in [2.75, 3.05) is 0 Å². The molecule has 0 radical (unpaired) electrons. The number of nitrogens with zero attached hydrogens (tertiary/aromatic N) is 2. The highest BCUT2D eigenvalue weighted by Gasteiger charge is 2.23. The van der Waals surface area contributed by atoms with Crippen LogP contribution in [0.25, 0.3) is 0 Å². The van der Waals surface area contributed by atoms with E-state index in [1.54, 1.807) is 40.7 Å². The van der Waals surface area contributed by atoms with E-state index < -0.39 is 23.8 Å². The van der Waals surface area contributed by atoms with Gasteiger partial charge >= 0.3 is 6.09 Å². The Morgan fingerprint density at radius 2 is 1.92 bits per heavy atom. The molecule has 2 aromatic rings. The van der Waals surface area contributed by atoms with E-state index in [4.69, 9.17) is 13.7 Å². The number of carbonyl (C=O) groups is 2. The molecule has 0 fully saturated rings. The normalized spacial score (nSPS) is 13.8. The SMILES string of the molecule is C[C@@H](NC(=O)OC(C)(C)C)c1noc([C@@H](C)NC(=O)c2ccoc2)n1. The summed E-state index contributed by atoms with van der Waals surface area (Å²) in [7, 11) is 0. The maximum absolute atomic E-state index is 12.0. The Kier molecular flexibility index (Phi) is 5.45. The summed E-state index contributed by atoms with van der Waals surface area (Å²) in [5.74, 6) is 0.191. The first-order valence-electron chi connectivity index (χ1n) is 7.82. The molecule has 25 heavy (non-hydrogen) atoms. The molecule has 0 saturated carbocycles. The first kappa shape index (κ1) is 18.5. The van der Waals surface area contributed by atoms with Gasteiger partial charge in [-0.3, -0.25) is 4.79 Å². The molecule has 9 nitrogen and oxygen atoms in total. The van der Waals surface area contributed by atoms with Crippen molar-refractivity contribution < 1.29 is 23.3 Å². The molecule has 9 heteroatoms. The minimum atomic E-state index is -0.599. The minimum absolute atomic E-state index is 0.227. The van der Waals surface area contributed by atoms with Crippen molar-refractivity contribution in [2.24, 2.45) is 0 Å². The maximum atomic E-state index is 12.0. The molecule has 0 aliphatic carbocycles. The molecule has 2 rings (SSSR count). The van der Waals surface area contributed by atoms with Crippen LogP contribution >= 0.6 is 0 Å². The number of hydrogen-bond acceptors (Lipinski definition) is 7. The number of furan rings is 1. The van der Waals surface area contributed by atoms with Gasteiger partial charge in [-0.15, -0.1) is 0 Å². The molecule has 0 aliphatic heterocycles. The second-order valence-corrected chi connectivity index (χ2v) is 6.57. The van der Waals surface area contributed by atoms with E-state index in [0.29, 0.717) is 5.56 Å². The van der Waals surface area contributed by atoms with Gasteiger partial charge in [-0.25, -0.2) is 4.79 Å². The molecule has 0 saturated heterocycles. The van der Waals surface area contributed by atoms with Crippen molar-refractivity contribution in [3.05, 3.63) is 35.9 Å². The van der Waals surface area contributed by atoms with Crippen LogP contribution < -0.4 is 10.6 Å². The number of carbonyl (C=O) groups excluding carboxylic acids is 2. The molecule has 0 aliphatic rings.